The summed E-state index contributed by atoms with van der Waals surface area (Å²) < 4.78 is 12.7. The molecule has 3 N–H and O–H groups in total. The molecule has 1 aliphatic heterocycles. The maximum Gasteiger partial charge on any atom is 0.314 e. The topological polar surface area (TPSA) is 56.4 Å². The molecular formula is C15H23FN4O. The van der Waals surface area contributed by atoms with E-state index < -0.39 is 0 Å². The predicted octanol–water partition coefficient (Wildman–Crippen LogP) is 0.573. The van der Waals surface area contributed by atoms with Gasteiger partial charge in [0.05, 0.1) is 0 Å². The Balaban J connectivity index is 1.54. The molecule has 1 aromatic rings. The minimum Gasteiger partial charge on any atom is -0.338 e. The quantitative estimate of drug-likeness (QED) is 0.719. The molecule has 1 aliphatic rings. The zero-order chi connectivity index (χ0) is 14.9. The second-order valence-electron chi connectivity index (χ2n) is 5.15. The van der Waals surface area contributed by atoms with Crippen LogP contribution in [-0.2, 0) is 6.42 Å². The number of nitrogens with zero attached hydrogens (tertiary/aromatic N) is 1. The average molecular weight is 294 g/mol. The van der Waals surface area contributed by atoms with E-state index >= 15 is 0 Å². The van der Waals surface area contributed by atoms with Crippen molar-refractivity contribution in [1.29, 1.82) is 0 Å². The zero-order valence-electron chi connectivity index (χ0n) is 12.2. The molecule has 0 spiro atoms. The molecular weight excluding hydrogens is 271 g/mol. The first-order chi connectivity index (χ1) is 10.2. The molecule has 1 fully saturated rings. The third kappa shape index (κ3) is 6.10. The summed E-state index contributed by atoms with van der Waals surface area (Å²) in [7, 11) is 0. The van der Waals surface area contributed by atoms with E-state index in [0.717, 1.165) is 38.3 Å². The second-order valence-corrected chi connectivity index (χ2v) is 5.15. The molecule has 0 aliphatic carbocycles. The van der Waals surface area contributed by atoms with E-state index in [0.29, 0.717) is 19.5 Å². The van der Waals surface area contributed by atoms with Crippen molar-refractivity contribution in [1.82, 2.24) is 20.9 Å². The van der Waals surface area contributed by atoms with E-state index in [1.54, 1.807) is 12.1 Å². The predicted molar refractivity (Wildman–Crippen MR) is 80.8 cm³/mol. The molecule has 0 atom stereocenters. The highest BCUT2D eigenvalue weighted by atomic mass is 19.1. The van der Waals surface area contributed by atoms with E-state index in [-0.39, 0.29) is 11.8 Å². The van der Waals surface area contributed by atoms with Gasteiger partial charge in [0.2, 0.25) is 0 Å². The third-order valence-corrected chi connectivity index (χ3v) is 3.54. The fraction of sp³-hybridized carbons (Fsp3) is 0.533. The summed E-state index contributed by atoms with van der Waals surface area (Å²) in [6, 6.07) is 6.19. The van der Waals surface area contributed by atoms with Crippen LogP contribution in [0, 0.1) is 5.82 Å². The van der Waals surface area contributed by atoms with E-state index in [9.17, 15) is 9.18 Å². The highest BCUT2D eigenvalue weighted by Crippen LogP contribution is 2.02. The third-order valence-electron chi connectivity index (χ3n) is 3.54. The van der Waals surface area contributed by atoms with Gasteiger partial charge in [0, 0.05) is 45.8 Å². The van der Waals surface area contributed by atoms with Crippen molar-refractivity contribution >= 4 is 6.03 Å². The monoisotopic (exact) mass is 294 g/mol. The van der Waals surface area contributed by atoms with Gasteiger partial charge in [0.25, 0.3) is 0 Å². The van der Waals surface area contributed by atoms with Crippen LogP contribution in [0.2, 0.25) is 0 Å². The fourth-order valence-electron chi connectivity index (χ4n) is 2.30. The molecule has 21 heavy (non-hydrogen) atoms. The number of urea groups is 1. The van der Waals surface area contributed by atoms with Crippen molar-refractivity contribution in [3.63, 3.8) is 0 Å². The number of hydrogen-bond donors (Lipinski definition) is 3. The molecule has 0 saturated carbocycles. The number of carbonyl (C=O) groups excluding carboxylic acids is 1. The van der Waals surface area contributed by atoms with Gasteiger partial charge in [-0.25, -0.2) is 9.18 Å². The Morgan fingerprint density at radius 2 is 1.81 bits per heavy atom. The molecule has 2 amide bonds. The Morgan fingerprint density at radius 3 is 2.52 bits per heavy atom. The number of rotatable bonds is 6. The van der Waals surface area contributed by atoms with Gasteiger partial charge in [-0.15, -0.1) is 0 Å². The van der Waals surface area contributed by atoms with Gasteiger partial charge in [-0.3, -0.25) is 4.90 Å². The SMILES string of the molecule is O=C(NCCc1ccc(F)cc1)NCCN1CCNCC1. The summed E-state index contributed by atoms with van der Waals surface area (Å²) in [6.07, 6.45) is 0.700. The molecule has 6 heteroatoms. The van der Waals surface area contributed by atoms with Gasteiger partial charge < -0.3 is 16.0 Å². The van der Waals surface area contributed by atoms with Crippen molar-refractivity contribution in [2.75, 3.05) is 45.8 Å². The van der Waals surface area contributed by atoms with Gasteiger partial charge in [0.15, 0.2) is 0 Å². The summed E-state index contributed by atoms with van der Waals surface area (Å²) in [4.78, 5) is 13.9. The number of hydrogen-bond acceptors (Lipinski definition) is 3. The van der Waals surface area contributed by atoms with Crippen LogP contribution in [0.5, 0.6) is 0 Å². The summed E-state index contributed by atoms with van der Waals surface area (Å²) in [6.45, 7) is 6.19. The highest BCUT2D eigenvalue weighted by Gasteiger charge is 2.09. The molecule has 5 nitrogen and oxygen atoms in total. The molecule has 0 aromatic heterocycles. The smallest absolute Gasteiger partial charge is 0.314 e. The van der Waals surface area contributed by atoms with Gasteiger partial charge in [-0.05, 0) is 24.1 Å². The van der Waals surface area contributed by atoms with Crippen LogP contribution in [0.4, 0.5) is 9.18 Å². The summed E-state index contributed by atoms with van der Waals surface area (Å²) in [5.41, 5.74) is 1.01. The normalized spacial score (nSPS) is 15.7. The molecule has 2 rings (SSSR count). The van der Waals surface area contributed by atoms with Crippen LogP contribution in [0.25, 0.3) is 0 Å². The number of amides is 2. The van der Waals surface area contributed by atoms with Crippen molar-refractivity contribution in [2.45, 2.75) is 6.42 Å². The van der Waals surface area contributed by atoms with Gasteiger partial charge in [-0.1, -0.05) is 12.1 Å². The summed E-state index contributed by atoms with van der Waals surface area (Å²) in [5, 5.41) is 8.96. The van der Waals surface area contributed by atoms with Crippen LogP contribution in [0.15, 0.2) is 24.3 Å². The molecule has 1 saturated heterocycles. The Labute approximate surface area is 124 Å². The molecule has 0 bridgehead atoms. The molecule has 0 unspecified atom stereocenters. The number of piperazine rings is 1. The first-order valence-electron chi connectivity index (χ1n) is 7.43. The van der Waals surface area contributed by atoms with Crippen LogP contribution in [0.3, 0.4) is 0 Å². The van der Waals surface area contributed by atoms with E-state index in [1.807, 2.05) is 0 Å². The number of nitrogens with one attached hydrogen (secondary N) is 3. The van der Waals surface area contributed by atoms with Crippen LogP contribution in [-0.4, -0.2) is 56.7 Å². The Kier molecular flexibility index (Phi) is 6.43. The maximum absolute atomic E-state index is 12.7. The minimum absolute atomic E-state index is 0.146. The molecule has 1 heterocycles. The lowest BCUT2D eigenvalue weighted by atomic mass is 10.1. The highest BCUT2D eigenvalue weighted by molar-refractivity contribution is 5.73. The van der Waals surface area contributed by atoms with Crippen LogP contribution < -0.4 is 16.0 Å². The summed E-state index contributed by atoms with van der Waals surface area (Å²) >= 11 is 0. The number of benzene rings is 1. The number of carbonyl (C=O) groups is 1. The van der Waals surface area contributed by atoms with Gasteiger partial charge >= 0.3 is 6.03 Å². The largest absolute Gasteiger partial charge is 0.338 e. The minimum atomic E-state index is -0.239. The van der Waals surface area contributed by atoms with Gasteiger partial charge in [0.1, 0.15) is 5.82 Å². The summed E-state index contributed by atoms with van der Waals surface area (Å²) in [5.74, 6) is -0.239. The standard InChI is InChI=1S/C15H23FN4O/c16-14-3-1-13(2-4-14)5-6-18-15(21)19-9-12-20-10-7-17-8-11-20/h1-4,17H,5-12H2,(H2,18,19,21). The molecule has 116 valence electrons. The van der Waals surface area contributed by atoms with E-state index in [4.69, 9.17) is 0 Å². The maximum atomic E-state index is 12.7. The Morgan fingerprint density at radius 1 is 1.14 bits per heavy atom. The number of halogens is 1. The lowest BCUT2D eigenvalue weighted by Gasteiger charge is -2.27. The molecule has 0 radical (unpaired) electrons. The fourth-order valence-corrected chi connectivity index (χ4v) is 2.30. The first-order valence-corrected chi connectivity index (χ1v) is 7.43. The van der Waals surface area contributed by atoms with E-state index in [2.05, 4.69) is 20.9 Å². The lowest BCUT2D eigenvalue weighted by Crippen LogP contribution is -2.47. The lowest BCUT2D eigenvalue weighted by molar-refractivity contribution is 0.227. The van der Waals surface area contributed by atoms with Gasteiger partial charge in [-0.2, -0.15) is 0 Å². The Bertz CT molecular complexity index is 432. The van der Waals surface area contributed by atoms with Crippen molar-refractivity contribution in [3.8, 4) is 0 Å². The van der Waals surface area contributed by atoms with E-state index in [1.165, 1.54) is 12.1 Å². The Hall–Kier alpha value is -1.66. The van der Waals surface area contributed by atoms with Crippen molar-refractivity contribution in [3.05, 3.63) is 35.6 Å². The van der Waals surface area contributed by atoms with Crippen molar-refractivity contribution < 1.29 is 9.18 Å². The van der Waals surface area contributed by atoms with Crippen molar-refractivity contribution in [2.24, 2.45) is 0 Å². The molecule has 1 aromatic carbocycles. The first kappa shape index (κ1) is 15.7. The van der Waals surface area contributed by atoms with Crippen LogP contribution >= 0.6 is 0 Å². The van der Waals surface area contributed by atoms with Crippen LogP contribution in [0.1, 0.15) is 5.56 Å². The second kappa shape index (κ2) is 8.59. The zero-order valence-corrected chi connectivity index (χ0v) is 12.2. The average Bonchev–Trinajstić information content (AvgIpc) is 2.50.